The molecule has 1 heterocycles. The van der Waals surface area contributed by atoms with Crippen molar-refractivity contribution in [3.8, 4) is 0 Å². The number of esters is 1. The summed E-state index contributed by atoms with van der Waals surface area (Å²) in [5, 5.41) is 4.05. The van der Waals surface area contributed by atoms with E-state index in [0.29, 0.717) is 13.2 Å². The maximum absolute atomic E-state index is 11.7. The topological polar surface area (TPSA) is 44.1 Å². The first-order valence-electron chi connectivity index (χ1n) is 6.00. The van der Waals surface area contributed by atoms with Crippen molar-refractivity contribution in [2.24, 2.45) is 5.92 Å². The van der Waals surface area contributed by atoms with E-state index in [1.54, 1.807) is 10.9 Å². The monoisotopic (exact) mass is 222 g/mol. The predicted molar refractivity (Wildman–Crippen MR) is 59.8 cm³/mol. The summed E-state index contributed by atoms with van der Waals surface area (Å²) in [6.45, 7) is 1.07. The van der Waals surface area contributed by atoms with Crippen molar-refractivity contribution in [3.05, 3.63) is 18.5 Å². The molecule has 0 unspecified atom stereocenters. The number of ether oxygens (including phenoxy) is 1. The van der Waals surface area contributed by atoms with Gasteiger partial charge in [0.25, 0.3) is 0 Å². The van der Waals surface area contributed by atoms with Crippen LogP contribution in [0, 0.1) is 5.92 Å². The molecule has 0 radical (unpaired) electrons. The molecule has 0 aromatic carbocycles. The number of aromatic nitrogens is 2. The minimum Gasteiger partial charge on any atom is -0.463 e. The van der Waals surface area contributed by atoms with E-state index in [1.165, 1.54) is 19.3 Å². The zero-order chi connectivity index (χ0) is 11.2. The summed E-state index contributed by atoms with van der Waals surface area (Å²) in [5.41, 5.74) is 0. The maximum Gasteiger partial charge on any atom is 0.308 e. The highest BCUT2D eigenvalue weighted by Gasteiger charge is 2.22. The van der Waals surface area contributed by atoms with Crippen LogP contribution in [0.1, 0.15) is 32.1 Å². The van der Waals surface area contributed by atoms with Crippen molar-refractivity contribution in [1.29, 1.82) is 0 Å². The molecule has 0 saturated heterocycles. The Morgan fingerprint density at radius 2 is 2.19 bits per heavy atom. The fourth-order valence-electron chi connectivity index (χ4n) is 2.13. The van der Waals surface area contributed by atoms with Gasteiger partial charge in [0.2, 0.25) is 0 Å². The van der Waals surface area contributed by atoms with Gasteiger partial charge in [-0.15, -0.1) is 0 Å². The normalized spacial score (nSPS) is 17.2. The molecular formula is C12H18N2O2. The first-order valence-corrected chi connectivity index (χ1v) is 6.00. The van der Waals surface area contributed by atoms with Crippen LogP contribution < -0.4 is 0 Å². The smallest absolute Gasteiger partial charge is 0.308 e. The average Bonchev–Trinajstić information content (AvgIpc) is 2.83. The zero-order valence-corrected chi connectivity index (χ0v) is 9.47. The second-order valence-electron chi connectivity index (χ2n) is 4.27. The summed E-state index contributed by atoms with van der Waals surface area (Å²) in [6.07, 6.45) is 9.19. The number of rotatable bonds is 4. The van der Waals surface area contributed by atoms with Crippen molar-refractivity contribution >= 4 is 5.97 Å². The van der Waals surface area contributed by atoms with Gasteiger partial charge in [0.15, 0.2) is 0 Å². The van der Waals surface area contributed by atoms with Gasteiger partial charge in [-0.05, 0) is 18.9 Å². The van der Waals surface area contributed by atoms with Gasteiger partial charge in [0, 0.05) is 12.4 Å². The maximum atomic E-state index is 11.7. The largest absolute Gasteiger partial charge is 0.463 e. The predicted octanol–water partition coefficient (Wildman–Crippen LogP) is 2.01. The molecule has 0 N–H and O–H groups in total. The Morgan fingerprint density at radius 3 is 2.88 bits per heavy atom. The number of nitrogens with zero attached hydrogens (tertiary/aromatic N) is 2. The molecule has 1 aromatic rings. The van der Waals surface area contributed by atoms with E-state index < -0.39 is 0 Å². The van der Waals surface area contributed by atoms with Crippen LogP contribution in [0.5, 0.6) is 0 Å². The number of carbonyl (C=O) groups is 1. The highest BCUT2D eigenvalue weighted by Crippen LogP contribution is 2.24. The standard InChI is InChI=1S/C12H18N2O2/c15-12(11-5-2-1-3-6-11)16-10-9-14-8-4-7-13-14/h4,7-8,11H,1-3,5-6,9-10H2. The number of carbonyl (C=O) groups excluding carboxylic acids is 1. The Morgan fingerprint density at radius 1 is 1.38 bits per heavy atom. The second-order valence-corrected chi connectivity index (χ2v) is 4.27. The summed E-state index contributed by atoms with van der Waals surface area (Å²) in [7, 11) is 0. The summed E-state index contributed by atoms with van der Waals surface area (Å²) in [4.78, 5) is 11.7. The van der Waals surface area contributed by atoms with E-state index in [1.807, 2.05) is 12.3 Å². The van der Waals surface area contributed by atoms with Crippen LogP contribution in [0.15, 0.2) is 18.5 Å². The minimum atomic E-state index is -0.0214. The van der Waals surface area contributed by atoms with Gasteiger partial charge in [0.1, 0.15) is 6.61 Å². The minimum absolute atomic E-state index is 0.0214. The van der Waals surface area contributed by atoms with Gasteiger partial charge < -0.3 is 4.74 Å². The molecule has 4 heteroatoms. The van der Waals surface area contributed by atoms with Crippen molar-refractivity contribution in [3.63, 3.8) is 0 Å². The molecule has 1 aromatic heterocycles. The third-order valence-electron chi connectivity index (χ3n) is 3.06. The van der Waals surface area contributed by atoms with Gasteiger partial charge in [-0.2, -0.15) is 5.10 Å². The summed E-state index contributed by atoms with van der Waals surface area (Å²) < 4.78 is 7.03. The highest BCUT2D eigenvalue weighted by molar-refractivity contribution is 5.72. The van der Waals surface area contributed by atoms with Crippen molar-refractivity contribution in [1.82, 2.24) is 9.78 Å². The van der Waals surface area contributed by atoms with Gasteiger partial charge in [-0.25, -0.2) is 0 Å². The molecule has 1 fully saturated rings. The van der Waals surface area contributed by atoms with E-state index in [4.69, 9.17) is 4.74 Å². The van der Waals surface area contributed by atoms with E-state index >= 15 is 0 Å². The van der Waals surface area contributed by atoms with Gasteiger partial charge in [0.05, 0.1) is 12.5 Å². The lowest BCUT2D eigenvalue weighted by Crippen LogP contribution is -2.22. The van der Waals surface area contributed by atoms with Crippen molar-refractivity contribution in [2.45, 2.75) is 38.6 Å². The van der Waals surface area contributed by atoms with Crippen molar-refractivity contribution in [2.75, 3.05) is 6.61 Å². The Hall–Kier alpha value is -1.32. The fourth-order valence-corrected chi connectivity index (χ4v) is 2.13. The molecule has 88 valence electrons. The fraction of sp³-hybridized carbons (Fsp3) is 0.667. The molecule has 1 aliphatic carbocycles. The molecule has 4 nitrogen and oxygen atoms in total. The molecular weight excluding hydrogens is 204 g/mol. The molecule has 1 aliphatic rings. The van der Waals surface area contributed by atoms with Gasteiger partial charge in [-0.1, -0.05) is 19.3 Å². The van der Waals surface area contributed by atoms with Crippen LogP contribution in [0.4, 0.5) is 0 Å². The first-order chi connectivity index (χ1) is 7.86. The zero-order valence-electron chi connectivity index (χ0n) is 9.47. The van der Waals surface area contributed by atoms with E-state index in [2.05, 4.69) is 5.10 Å². The van der Waals surface area contributed by atoms with E-state index in [9.17, 15) is 4.79 Å². The molecule has 0 aliphatic heterocycles. The molecule has 2 rings (SSSR count). The number of hydrogen-bond donors (Lipinski definition) is 0. The average molecular weight is 222 g/mol. The lowest BCUT2D eigenvalue weighted by atomic mass is 9.89. The highest BCUT2D eigenvalue weighted by atomic mass is 16.5. The Kier molecular flexibility index (Phi) is 3.97. The second kappa shape index (κ2) is 5.68. The SMILES string of the molecule is O=C(OCCn1cccn1)C1CCCCC1. The van der Waals surface area contributed by atoms with E-state index in [0.717, 1.165) is 12.8 Å². The molecule has 0 bridgehead atoms. The molecule has 1 saturated carbocycles. The molecule has 0 amide bonds. The Bertz CT molecular complexity index is 316. The summed E-state index contributed by atoms with van der Waals surface area (Å²) in [5.74, 6) is 0.123. The van der Waals surface area contributed by atoms with Crippen LogP contribution in [0.3, 0.4) is 0 Å². The number of hydrogen-bond acceptors (Lipinski definition) is 3. The molecule has 16 heavy (non-hydrogen) atoms. The van der Waals surface area contributed by atoms with Crippen LogP contribution >= 0.6 is 0 Å². The van der Waals surface area contributed by atoms with E-state index in [-0.39, 0.29) is 11.9 Å². The van der Waals surface area contributed by atoms with Gasteiger partial charge in [-0.3, -0.25) is 9.48 Å². The molecule has 0 atom stereocenters. The lowest BCUT2D eigenvalue weighted by molar-refractivity contribution is -0.150. The summed E-state index contributed by atoms with van der Waals surface area (Å²) in [6, 6.07) is 1.86. The summed E-state index contributed by atoms with van der Waals surface area (Å²) >= 11 is 0. The Balaban J connectivity index is 1.67. The lowest BCUT2D eigenvalue weighted by Gasteiger charge is -2.19. The van der Waals surface area contributed by atoms with Crippen LogP contribution in [-0.4, -0.2) is 22.4 Å². The van der Waals surface area contributed by atoms with Crippen LogP contribution in [0.25, 0.3) is 0 Å². The quantitative estimate of drug-likeness (QED) is 0.732. The third-order valence-corrected chi connectivity index (χ3v) is 3.06. The van der Waals surface area contributed by atoms with Gasteiger partial charge >= 0.3 is 5.97 Å². The van der Waals surface area contributed by atoms with Crippen molar-refractivity contribution < 1.29 is 9.53 Å². The molecule has 0 spiro atoms. The van der Waals surface area contributed by atoms with Crippen LogP contribution in [0.2, 0.25) is 0 Å². The Labute approximate surface area is 95.6 Å². The first kappa shape index (κ1) is 11.2. The van der Waals surface area contributed by atoms with Crippen LogP contribution in [-0.2, 0) is 16.1 Å². The third kappa shape index (κ3) is 3.08.